The summed E-state index contributed by atoms with van der Waals surface area (Å²) in [7, 11) is 0. The van der Waals surface area contributed by atoms with Crippen LogP contribution in [0.2, 0.25) is 0 Å². The Morgan fingerprint density at radius 2 is 1.94 bits per heavy atom. The van der Waals surface area contributed by atoms with E-state index in [1.165, 1.54) is 5.56 Å². The maximum atomic E-state index is 5.65. The molecule has 1 atom stereocenters. The van der Waals surface area contributed by atoms with E-state index in [1.54, 1.807) is 0 Å². The summed E-state index contributed by atoms with van der Waals surface area (Å²) in [6.45, 7) is 3.94. The van der Waals surface area contributed by atoms with Crippen molar-refractivity contribution in [3.8, 4) is 11.4 Å². The average Bonchev–Trinajstić information content (AvgIpc) is 2.78. The van der Waals surface area contributed by atoms with Crippen molar-refractivity contribution < 1.29 is 4.52 Å². The highest BCUT2D eigenvalue weighted by Crippen LogP contribution is 2.18. The molecule has 1 heterocycles. The first-order valence-electron chi connectivity index (χ1n) is 5.39. The zero-order valence-electron chi connectivity index (χ0n) is 9.88. The molecule has 2 N–H and O–H groups in total. The Hall–Kier alpha value is -1.39. The fourth-order valence-corrected chi connectivity index (χ4v) is 1.43. The van der Waals surface area contributed by atoms with Gasteiger partial charge in [0, 0.05) is 5.56 Å². The van der Waals surface area contributed by atoms with E-state index in [-0.39, 0.29) is 18.4 Å². The molecule has 0 radical (unpaired) electrons. The predicted octanol–water partition coefficient (Wildman–Crippen LogP) is 2.74. The molecule has 0 aliphatic heterocycles. The van der Waals surface area contributed by atoms with Gasteiger partial charge in [0.25, 0.3) is 0 Å². The maximum Gasteiger partial charge on any atom is 0.243 e. The Bertz CT molecular complexity index is 465. The number of aryl methyl sites for hydroxylation is 1. The van der Waals surface area contributed by atoms with Crippen LogP contribution in [0, 0.1) is 0 Å². The Kier molecular flexibility index (Phi) is 4.66. The van der Waals surface area contributed by atoms with Crippen molar-refractivity contribution >= 4 is 12.4 Å². The van der Waals surface area contributed by atoms with Crippen LogP contribution in [0.5, 0.6) is 0 Å². The van der Waals surface area contributed by atoms with Gasteiger partial charge in [0.15, 0.2) is 0 Å². The number of hydrogen-bond donors (Lipinski definition) is 1. The van der Waals surface area contributed by atoms with Crippen molar-refractivity contribution in [2.24, 2.45) is 5.73 Å². The SMILES string of the molecule is CCc1ccc(-c2noc([C@@H](C)N)n2)cc1.Cl. The molecule has 4 nitrogen and oxygen atoms in total. The zero-order valence-corrected chi connectivity index (χ0v) is 10.7. The average molecular weight is 254 g/mol. The third kappa shape index (κ3) is 3.05. The molecule has 0 amide bonds. The van der Waals surface area contributed by atoms with Crippen LogP contribution < -0.4 is 5.73 Å². The van der Waals surface area contributed by atoms with Gasteiger partial charge in [-0.3, -0.25) is 0 Å². The van der Waals surface area contributed by atoms with Crippen molar-refractivity contribution in [3.63, 3.8) is 0 Å². The van der Waals surface area contributed by atoms with Gasteiger partial charge in [-0.1, -0.05) is 36.3 Å². The number of aromatic nitrogens is 2. The summed E-state index contributed by atoms with van der Waals surface area (Å²) in [5, 5.41) is 3.90. The maximum absolute atomic E-state index is 5.65. The zero-order chi connectivity index (χ0) is 11.5. The lowest BCUT2D eigenvalue weighted by Gasteiger charge is -1.97. The highest BCUT2D eigenvalue weighted by atomic mass is 35.5. The molecule has 1 aromatic heterocycles. The van der Waals surface area contributed by atoms with E-state index in [4.69, 9.17) is 10.3 Å². The number of nitrogens with zero attached hydrogens (tertiary/aromatic N) is 2. The van der Waals surface area contributed by atoms with E-state index in [1.807, 2.05) is 19.1 Å². The molecule has 0 fully saturated rings. The van der Waals surface area contributed by atoms with Crippen molar-refractivity contribution in [1.82, 2.24) is 10.1 Å². The second-order valence-corrected chi connectivity index (χ2v) is 3.80. The van der Waals surface area contributed by atoms with Gasteiger partial charge in [-0.2, -0.15) is 4.98 Å². The molecule has 0 saturated carbocycles. The van der Waals surface area contributed by atoms with Crippen LogP contribution in [-0.4, -0.2) is 10.1 Å². The van der Waals surface area contributed by atoms with Gasteiger partial charge in [0.2, 0.25) is 11.7 Å². The second kappa shape index (κ2) is 5.80. The van der Waals surface area contributed by atoms with Crippen LogP contribution in [0.25, 0.3) is 11.4 Å². The minimum Gasteiger partial charge on any atom is -0.337 e. The van der Waals surface area contributed by atoms with Gasteiger partial charge in [0.1, 0.15) is 0 Å². The summed E-state index contributed by atoms with van der Waals surface area (Å²) in [4.78, 5) is 4.23. The van der Waals surface area contributed by atoms with Crippen LogP contribution in [0.3, 0.4) is 0 Å². The molecule has 0 spiro atoms. The highest BCUT2D eigenvalue weighted by Gasteiger charge is 2.11. The lowest BCUT2D eigenvalue weighted by molar-refractivity contribution is 0.362. The van der Waals surface area contributed by atoms with Gasteiger partial charge >= 0.3 is 0 Å². The van der Waals surface area contributed by atoms with Gasteiger partial charge < -0.3 is 10.3 Å². The smallest absolute Gasteiger partial charge is 0.243 e. The van der Waals surface area contributed by atoms with E-state index >= 15 is 0 Å². The van der Waals surface area contributed by atoms with E-state index < -0.39 is 0 Å². The Morgan fingerprint density at radius 1 is 1.29 bits per heavy atom. The van der Waals surface area contributed by atoms with Gasteiger partial charge in [-0.05, 0) is 18.9 Å². The first-order chi connectivity index (χ1) is 7.70. The molecule has 0 aliphatic rings. The molecule has 0 aliphatic carbocycles. The highest BCUT2D eigenvalue weighted by molar-refractivity contribution is 5.85. The molecule has 0 saturated heterocycles. The standard InChI is InChI=1S/C12H15N3O.ClH/c1-3-9-4-6-10(7-5-9)11-14-12(8(2)13)16-15-11;/h4-8H,3,13H2,1-2H3;1H/t8-;/m1./s1. The number of benzene rings is 1. The summed E-state index contributed by atoms with van der Waals surface area (Å²) >= 11 is 0. The van der Waals surface area contributed by atoms with E-state index in [0.717, 1.165) is 12.0 Å². The Balaban J connectivity index is 0.00000144. The molecule has 1 aromatic carbocycles. The monoisotopic (exact) mass is 253 g/mol. The fraction of sp³-hybridized carbons (Fsp3) is 0.333. The van der Waals surface area contributed by atoms with Crippen LogP contribution in [0.15, 0.2) is 28.8 Å². The molecular formula is C12H16ClN3O. The molecule has 17 heavy (non-hydrogen) atoms. The Labute approximate surface area is 107 Å². The first kappa shape index (κ1) is 13.7. The van der Waals surface area contributed by atoms with Crippen molar-refractivity contribution in [2.75, 3.05) is 0 Å². The van der Waals surface area contributed by atoms with E-state index in [9.17, 15) is 0 Å². The summed E-state index contributed by atoms with van der Waals surface area (Å²) < 4.78 is 5.05. The summed E-state index contributed by atoms with van der Waals surface area (Å²) in [5.74, 6) is 1.06. The minimum absolute atomic E-state index is 0. The second-order valence-electron chi connectivity index (χ2n) is 3.80. The number of halogens is 1. The summed E-state index contributed by atoms with van der Waals surface area (Å²) in [5.41, 5.74) is 7.90. The molecule has 5 heteroatoms. The van der Waals surface area contributed by atoms with Crippen LogP contribution in [0.4, 0.5) is 0 Å². The fourth-order valence-electron chi connectivity index (χ4n) is 1.43. The van der Waals surface area contributed by atoms with Crippen molar-refractivity contribution in [1.29, 1.82) is 0 Å². The van der Waals surface area contributed by atoms with Crippen molar-refractivity contribution in [2.45, 2.75) is 26.3 Å². The topological polar surface area (TPSA) is 64.9 Å². The quantitative estimate of drug-likeness (QED) is 0.914. The molecule has 2 rings (SSSR count). The number of nitrogens with two attached hydrogens (primary N) is 1. The molecule has 92 valence electrons. The lowest BCUT2D eigenvalue weighted by atomic mass is 10.1. The van der Waals surface area contributed by atoms with Gasteiger partial charge in [-0.25, -0.2) is 0 Å². The largest absolute Gasteiger partial charge is 0.337 e. The molecule has 2 aromatic rings. The first-order valence-corrected chi connectivity index (χ1v) is 5.39. The van der Waals surface area contributed by atoms with Gasteiger partial charge in [-0.15, -0.1) is 12.4 Å². The van der Waals surface area contributed by atoms with Crippen LogP contribution in [-0.2, 0) is 6.42 Å². The Morgan fingerprint density at radius 3 is 2.41 bits per heavy atom. The van der Waals surface area contributed by atoms with Gasteiger partial charge in [0.05, 0.1) is 6.04 Å². The molecule has 0 unspecified atom stereocenters. The third-order valence-electron chi connectivity index (χ3n) is 2.45. The van der Waals surface area contributed by atoms with Crippen molar-refractivity contribution in [3.05, 3.63) is 35.7 Å². The number of rotatable bonds is 3. The lowest BCUT2D eigenvalue weighted by Crippen LogP contribution is -2.04. The summed E-state index contributed by atoms with van der Waals surface area (Å²) in [6, 6.07) is 7.90. The number of hydrogen-bond acceptors (Lipinski definition) is 4. The van der Waals surface area contributed by atoms with E-state index in [0.29, 0.717) is 11.7 Å². The summed E-state index contributed by atoms with van der Waals surface area (Å²) in [6.07, 6.45) is 1.03. The van der Waals surface area contributed by atoms with E-state index in [2.05, 4.69) is 29.2 Å². The molecular weight excluding hydrogens is 238 g/mol. The normalized spacial score (nSPS) is 11.9. The minimum atomic E-state index is -0.226. The van der Waals surface area contributed by atoms with Crippen LogP contribution in [0.1, 0.15) is 31.3 Å². The predicted molar refractivity (Wildman–Crippen MR) is 69.0 cm³/mol. The molecule has 0 bridgehead atoms. The van der Waals surface area contributed by atoms with Crippen LogP contribution >= 0.6 is 12.4 Å². The third-order valence-corrected chi connectivity index (χ3v) is 2.45.